The molecule has 0 aliphatic heterocycles. The molecular formula is C28H34N2O5. The molecule has 0 heterocycles. The second-order valence-corrected chi connectivity index (χ2v) is 9.92. The Hall–Kier alpha value is -3.35. The van der Waals surface area contributed by atoms with Gasteiger partial charge in [-0.1, -0.05) is 68.3 Å². The number of ether oxygens (including phenoxy) is 1. The van der Waals surface area contributed by atoms with Gasteiger partial charge in [0.25, 0.3) is 0 Å². The first-order chi connectivity index (χ1) is 16.9. The Morgan fingerprint density at radius 2 is 1.60 bits per heavy atom. The van der Waals surface area contributed by atoms with Crippen LogP contribution in [0.4, 0.5) is 4.79 Å². The average Bonchev–Trinajstić information content (AvgIpc) is 3.48. The molecule has 2 amide bonds. The van der Waals surface area contributed by atoms with E-state index in [4.69, 9.17) is 4.74 Å². The van der Waals surface area contributed by atoms with E-state index in [1.165, 1.54) is 22.3 Å². The number of rotatable bonds is 10. The molecular weight excluding hydrogens is 444 g/mol. The fraction of sp³-hybridized carbons (Fsp3) is 0.464. The number of carboxylic acid groups (broad SMARTS) is 1. The van der Waals surface area contributed by atoms with Crippen molar-refractivity contribution < 1.29 is 24.2 Å². The third-order valence-electron chi connectivity index (χ3n) is 7.44. The molecule has 0 radical (unpaired) electrons. The Morgan fingerprint density at radius 3 is 2.20 bits per heavy atom. The van der Waals surface area contributed by atoms with Gasteiger partial charge in [0.1, 0.15) is 6.61 Å². The fourth-order valence-corrected chi connectivity index (χ4v) is 5.26. The number of fused-ring (bicyclic) bond motifs is 3. The van der Waals surface area contributed by atoms with Crippen LogP contribution in [0, 0.1) is 11.3 Å². The number of carboxylic acids is 1. The van der Waals surface area contributed by atoms with Gasteiger partial charge in [0, 0.05) is 25.4 Å². The van der Waals surface area contributed by atoms with Crippen molar-refractivity contribution in [1.29, 1.82) is 0 Å². The molecule has 35 heavy (non-hydrogen) atoms. The smallest absolute Gasteiger partial charge is 0.407 e. The van der Waals surface area contributed by atoms with Gasteiger partial charge in [-0.25, -0.2) is 4.79 Å². The molecule has 2 aromatic rings. The molecule has 2 aliphatic rings. The molecule has 0 spiro atoms. The Balaban J connectivity index is 1.18. The summed E-state index contributed by atoms with van der Waals surface area (Å²) in [6.45, 7) is 2.82. The maximum Gasteiger partial charge on any atom is 0.407 e. The van der Waals surface area contributed by atoms with Crippen LogP contribution < -0.4 is 10.6 Å². The number of amides is 2. The first kappa shape index (κ1) is 24.8. The van der Waals surface area contributed by atoms with Crippen molar-refractivity contribution in [2.45, 2.75) is 51.4 Å². The summed E-state index contributed by atoms with van der Waals surface area (Å²) in [7, 11) is 0. The highest BCUT2D eigenvalue weighted by molar-refractivity contribution is 5.80. The largest absolute Gasteiger partial charge is 0.481 e. The quantitative estimate of drug-likeness (QED) is 0.459. The molecule has 2 aromatic carbocycles. The summed E-state index contributed by atoms with van der Waals surface area (Å²) < 4.78 is 5.56. The van der Waals surface area contributed by atoms with Crippen molar-refractivity contribution >= 4 is 18.0 Å². The topological polar surface area (TPSA) is 105 Å². The van der Waals surface area contributed by atoms with Gasteiger partial charge in [-0.05, 0) is 47.4 Å². The molecule has 2 aliphatic carbocycles. The second-order valence-electron chi connectivity index (χ2n) is 9.92. The van der Waals surface area contributed by atoms with Crippen molar-refractivity contribution in [1.82, 2.24) is 10.6 Å². The van der Waals surface area contributed by atoms with Crippen LogP contribution in [0.2, 0.25) is 0 Å². The zero-order valence-electron chi connectivity index (χ0n) is 20.2. The number of hydrogen-bond donors (Lipinski definition) is 3. The van der Waals surface area contributed by atoms with Crippen molar-refractivity contribution in [2.75, 3.05) is 19.7 Å². The van der Waals surface area contributed by atoms with E-state index in [0.717, 1.165) is 12.8 Å². The fourth-order valence-electron chi connectivity index (χ4n) is 5.26. The third kappa shape index (κ3) is 5.66. The minimum absolute atomic E-state index is 0.0169. The molecule has 0 aromatic heterocycles. The van der Waals surface area contributed by atoms with Gasteiger partial charge in [0.2, 0.25) is 5.91 Å². The Morgan fingerprint density at radius 1 is 1.00 bits per heavy atom. The predicted octanol–water partition coefficient (Wildman–Crippen LogP) is 4.70. The minimum Gasteiger partial charge on any atom is -0.481 e. The van der Waals surface area contributed by atoms with Crippen LogP contribution in [0.5, 0.6) is 0 Å². The van der Waals surface area contributed by atoms with Crippen LogP contribution in [-0.2, 0) is 14.3 Å². The molecule has 0 saturated heterocycles. The van der Waals surface area contributed by atoms with Gasteiger partial charge >= 0.3 is 12.1 Å². The highest BCUT2D eigenvalue weighted by atomic mass is 16.5. The molecule has 7 heteroatoms. The van der Waals surface area contributed by atoms with Crippen molar-refractivity contribution in [3.8, 4) is 11.1 Å². The predicted molar refractivity (Wildman–Crippen MR) is 133 cm³/mol. The Bertz CT molecular complexity index is 1030. The Kier molecular flexibility index (Phi) is 7.73. The zero-order valence-corrected chi connectivity index (χ0v) is 20.2. The zero-order chi connectivity index (χ0) is 24.8. The van der Waals surface area contributed by atoms with Crippen molar-refractivity contribution in [3.63, 3.8) is 0 Å². The third-order valence-corrected chi connectivity index (χ3v) is 7.44. The number of carbonyl (C=O) groups is 3. The van der Waals surface area contributed by atoms with E-state index in [1.807, 2.05) is 31.2 Å². The van der Waals surface area contributed by atoms with Crippen molar-refractivity contribution in [3.05, 3.63) is 59.7 Å². The van der Waals surface area contributed by atoms with Gasteiger partial charge in [-0.15, -0.1) is 0 Å². The second kappa shape index (κ2) is 10.9. The summed E-state index contributed by atoms with van der Waals surface area (Å²) in [6, 6.07) is 16.4. The lowest BCUT2D eigenvalue weighted by atomic mass is 9.86. The number of carbonyl (C=O) groups excluding carboxylic acids is 2. The van der Waals surface area contributed by atoms with Gasteiger partial charge < -0.3 is 20.5 Å². The molecule has 1 saturated carbocycles. The van der Waals surface area contributed by atoms with Crippen molar-refractivity contribution in [2.24, 2.45) is 11.3 Å². The van der Waals surface area contributed by atoms with Crippen LogP contribution >= 0.6 is 0 Å². The average molecular weight is 479 g/mol. The molecule has 4 rings (SSSR count). The first-order valence-electron chi connectivity index (χ1n) is 12.5. The normalized spacial score (nSPS) is 16.7. The highest BCUT2D eigenvalue weighted by Gasteiger charge is 2.41. The summed E-state index contributed by atoms with van der Waals surface area (Å²) in [6.07, 6.45) is 3.43. The minimum atomic E-state index is -0.823. The van der Waals surface area contributed by atoms with Crippen LogP contribution in [0.1, 0.15) is 62.5 Å². The van der Waals surface area contributed by atoms with Crippen LogP contribution in [0.15, 0.2) is 48.5 Å². The monoisotopic (exact) mass is 478 g/mol. The standard InChI is InChI=1S/C28H34N2O5/c1-19(12-13-25(31)30-18-28(26(32)33)14-6-7-15-28)16-29-27(34)35-17-24-22-10-4-2-8-20(22)21-9-3-5-11-23(21)24/h2-5,8-11,19,24H,6-7,12-18H2,1H3,(H,29,34)(H,30,31)(H,32,33). The van der Waals surface area contributed by atoms with Crippen LogP contribution in [-0.4, -0.2) is 42.8 Å². The van der Waals surface area contributed by atoms with Crippen LogP contribution in [0.3, 0.4) is 0 Å². The lowest BCUT2D eigenvalue weighted by Gasteiger charge is -2.24. The summed E-state index contributed by atoms with van der Waals surface area (Å²) in [5.41, 5.74) is 3.90. The molecule has 7 nitrogen and oxygen atoms in total. The molecule has 1 fully saturated rings. The van der Waals surface area contributed by atoms with E-state index in [-0.39, 0.29) is 30.9 Å². The maximum atomic E-state index is 12.3. The van der Waals surface area contributed by atoms with E-state index in [0.29, 0.717) is 32.2 Å². The van der Waals surface area contributed by atoms with E-state index >= 15 is 0 Å². The summed E-state index contributed by atoms with van der Waals surface area (Å²) in [5.74, 6) is -0.870. The van der Waals surface area contributed by atoms with Gasteiger partial charge in [0.05, 0.1) is 5.41 Å². The van der Waals surface area contributed by atoms with Gasteiger partial charge in [-0.2, -0.15) is 0 Å². The summed E-state index contributed by atoms with van der Waals surface area (Å²) in [4.78, 5) is 36.2. The van der Waals surface area contributed by atoms with E-state index in [1.54, 1.807) is 0 Å². The molecule has 3 N–H and O–H groups in total. The SMILES string of the molecule is CC(CCC(=O)NCC1(C(=O)O)CCCC1)CNC(=O)OCC1c2ccccc2-c2ccccc21. The molecule has 186 valence electrons. The maximum absolute atomic E-state index is 12.3. The molecule has 1 unspecified atom stereocenters. The lowest BCUT2D eigenvalue weighted by Crippen LogP contribution is -2.41. The number of benzene rings is 2. The number of aliphatic carboxylic acids is 1. The van der Waals surface area contributed by atoms with E-state index < -0.39 is 17.5 Å². The van der Waals surface area contributed by atoms with Gasteiger partial charge in [0.15, 0.2) is 0 Å². The summed E-state index contributed by atoms with van der Waals surface area (Å²) >= 11 is 0. The molecule has 1 atom stereocenters. The van der Waals surface area contributed by atoms with E-state index in [2.05, 4.69) is 34.9 Å². The van der Waals surface area contributed by atoms with E-state index in [9.17, 15) is 19.5 Å². The van der Waals surface area contributed by atoms with Crippen LogP contribution in [0.25, 0.3) is 11.1 Å². The number of alkyl carbamates (subject to hydrolysis) is 1. The Labute approximate surface area is 206 Å². The first-order valence-corrected chi connectivity index (χ1v) is 12.5. The summed E-state index contributed by atoms with van der Waals surface area (Å²) in [5, 5.41) is 15.1. The number of hydrogen-bond acceptors (Lipinski definition) is 4. The molecule has 0 bridgehead atoms. The number of nitrogens with one attached hydrogen (secondary N) is 2. The van der Waals surface area contributed by atoms with Gasteiger partial charge in [-0.3, -0.25) is 9.59 Å². The lowest BCUT2D eigenvalue weighted by molar-refractivity contribution is -0.148. The highest BCUT2D eigenvalue weighted by Crippen LogP contribution is 2.44.